The Hall–Kier alpha value is -2.44. The molecule has 6 nitrogen and oxygen atoms in total. The molecule has 6 heteroatoms. The van der Waals surface area contributed by atoms with Crippen LogP contribution in [0.1, 0.15) is 11.7 Å². The van der Waals surface area contributed by atoms with Crippen LogP contribution in [0.15, 0.2) is 58.0 Å². The maximum atomic E-state index is 12.0. The van der Waals surface area contributed by atoms with Crippen LogP contribution >= 0.6 is 0 Å². The first kappa shape index (κ1) is 15.1. The molecule has 1 saturated heterocycles. The van der Waals surface area contributed by atoms with Crippen molar-refractivity contribution in [3.05, 3.63) is 64.9 Å². The van der Waals surface area contributed by atoms with Crippen LogP contribution in [0.3, 0.4) is 0 Å². The Morgan fingerprint density at radius 3 is 2.96 bits per heavy atom. The van der Waals surface area contributed by atoms with Gasteiger partial charge in [-0.1, -0.05) is 18.2 Å². The molecule has 1 aromatic carbocycles. The van der Waals surface area contributed by atoms with Crippen molar-refractivity contribution in [2.24, 2.45) is 0 Å². The second kappa shape index (κ2) is 6.59. The van der Waals surface area contributed by atoms with Gasteiger partial charge in [0.2, 0.25) is 0 Å². The molecule has 24 heavy (non-hydrogen) atoms. The molecule has 0 radical (unpaired) electrons. The summed E-state index contributed by atoms with van der Waals surface area (Å²) in [5, 5.41) is 0. The van der Waals surface area contributed by atoms with Crippen molar-refractivity contribution in [1.29, 1.82) is 0 Å². The van der Waals surface area contributed by atoms with E-state index in [-0.39, 0.29) is 11.9 Å². The summed E-state index contributed by atoms with van der Waals surface area (Å²) in [5.74, 6) is -0.298. The molecule has 0 spiro atoms. The van der Waals surface area contributed by atoms with Gasteiger partial charge < -0.3 is 9.15 Å². The van der Waals surface area contributed by atoms with Crippen LogP contribution in [0.4, 0.5) is 0 Å². The van der Waals surface area contributed by atoms with E-state index in [2.05, 4.69) is 9.88 Å². The third-order valence-corrected chi connectivity index (χ3v) is 4.42. The van der Waals surface area contributed by atoms with Crippen molar-refractivity contribution in [3.63, 3.8) is 0 Å². The number of fused-ring (bicyclic) bond motifs is 1. The molecule has 1 aliphatic rings. The van der Waals surface area contributed by atoms with Crippen LogP contribution < -0.4 is 5.76 Å². The van der Waals surface area contributed by atoms with Crippen molar-refractivity contribution >= 4 is 11.1 Å². The van der Waals surface area contributed by atoms with Crippen LogP contribution in [0.2, 0.25) is 0 Å². The van der Waals surface area contributed by atoms with Gasteiger partial charge in [-0.2, -0.15) is 0 Å². The first-order chi connectivity index (χ1) is 11.8. The van der Waals surface area contributed by atoms with Crippen molar-refractivity contribution in [2.75, 3.05) is 26.2 Å². The van der Waals surface area contributed by atoms with Gasteiger partial charge in [-0.25, -0.2) is 4.79 Å². The van der Waals surface area contributed by atoms with Crippen molar-refractivity contribution in [1.82, 2.24) is 14.5 Å². The van der Waals surface area contributed by atoms with Gasteiger partial charge in [-0.15, -0.1) is 0 Å². The quantitative estimate of drug-likeness (QED) is 0.735. The second-order valence-electron chi connectivity index (χ2n) is 5.93. The summed E-state index contributed by atoms with van der Waals surface area (Å²) in [5.41, 5.74) is 2.57. The molecule has 0 amide bonds. The largest absolute Gasteiger partial charge is 0.419 e. The minimum absolute atomic E-state index is 0.0327. The van der Waals surface area contributed by atoms with Crippen molar-refractivity contribution < 1.29 is 9.15 Å². The molecule has 4 rings (SSSR count). The van der Waals surface area contributed by atoms with Crippen LogP contribution in [-0.4, -0.2) is 40.7 Å². The number of morpholine rings is 1. The van der Waals surface area contributed by atoms with Crippen molar-refractivity contribution in [2.45, 2.75) is 12.6 Å². The SMILES string of the molecule is O=c1oc2ccccc2n1CCN1CCOC(c2cccnc2)C1. The normalized spacial score (nSPS) is 18.9. The molecule has 1 unspecified atom stereocenters. The molecule has 3 heterocycles. The first-order valence-electron chi connectivity index (χ1n) is 8.13. The molecule has 2 aromatic heterocycles. The Bertz CT molecular complexity index is 872. The highest BCUT2D eigenvalue weighted by atomic mass is 16.5. The first-order valence-corrected chi connectivity index (χ1v) is 8.13. The third kappa shape index (κ3) is 2.98. The zero-order chi connectivity index (χ0) is 16.4. The number of para-hydroxylation sites is 2. The van der Waals surface area contributed by atoms with E-state index in [1.807, 2.05) is 42.6 Å². The van der Waals surface area contributed by atoms with E-state index in [9.17, 15) is 4.79 Å². The summed E-state index contributed by atoms with van der Waals surface area (Å²) < 4.78 is 12.8. The second-order valence-corrected chi connectivity index (χ2v) is 5.93. The summed E-state index contributed by atoms with van der Waals surface area (Å²) in [7, 11) is 0. The number of pyridine rings is 1. The van der Waals surface area contributed by atoms with E-state index in [1.54, 1.807) is 10.8 Å². The fraction of sp³-hybridized carbons (Fsp3) is 0.333. The van der Waals surface area contributed by atoms with E-state index in [0.717, 1.165) is 30.7 Å². The number of rotatable bonds is 4. The minimum atomic E-state index is -0.298. The zero-order valence-corrected chi connectivity index (χ0v) is 13.3. The molecule has 124 valence electrons. The van der Waals surface area contributed by atoms with Crippen LogP contribution in [0.5, 0.6) is 0 Å². The lowest BCUT2D eigenvalue weighted by molar-refractivity contribution is -0.0310. The number of ether oxygens (including phenoxy) is 1. The lowest BCUT2D eigenvalue weighted by Crippen LogP contribution is -2.40. The highest BCUT2D eigenvalue weighted by Crippen LogP contribution is 2.21. The predicted octanol–water partition coefficient (Wildman–Crippen LogP) is 2.06. The van der Waals surface area contributed by atoms with Gasteiger partial charge >= 0.3 is 5.76 Å². The van der Waals surface area contributed by atoms with Gasteiger partial charge in [-0.05, 0) is 18.2 Å². The van der Waals surface area contributed by atoms with Gasteiger partial charge in [0.1, 0.15) is 0 Å². The molecule has 1 aliphatic heterocycles. The molecule has 0 aliphatic carbocycles. The average molecular weight is 325 g/mol. The molecular formula is C18H19N3O3. The lowest BCUT2D eigenvalue weighted by Gasteiger charge is -2.32. The molecule has 1 atom stereocenters. The van der Waals surface area contributed by atoms with Gasteiger partial charge in [-0.3, -0.25) is 14.5 Å². The molecule has 0 N–H and O–H groups in total. The Kier molecular flexibility index (Phi) is 4.15. The van der Waals surface area contributed by atoms with E-state index in [0.29, 0.717) is 18.7 Å². The molecule has 1 fully saturated rings. The van der Waals surface area contributed by atoms with E-state index in [4.69, 9.17) is 9.15 Å². The predicted molar refractivity (Wildman–Crippen MR) is 89.8 cm³/mol. The Balaban J connectivity index is 1.45. The number of aromatic nitrogens is 2. The fourth-order valence-corrected chi connectivity index (χ4v) is 3.14. The molecule has 0 saturated carbocycles. The Labute approximate surface area is 139 Å². The standard InChI is InChI=1S/C18H19N3O3/c22-18-21(15-5-1-2-6-16(15)24-18)9-8-20-10-11-23-17(13-20)14-4-3-7-19-12-14/h1-7,12,17H,8-11,13H2. The van der Waals surface area contributed by atoms with E-state index >= 15 is 0 Å². The number of nitrogens with zero attached hydrogens (tertiary/aromatic N) is 3. The molecular weight excluding hydrogens is 306 g/mol. The van der Waals surface area contributed by atoms with Gasteiger partial charge in [0, 0.05) is 44.1 Å². The summed E-state index contributed by atoms with van der Waals surface area (Å²) >= 11 is 0. The smallest absolute Gasteiger partial charge is 0.408 e. The zero-order valence-electron chi connectivity index (χ0n) is 13.3. The monoisotopic (exact) mass is 325 g/mol. The molecule has 0 bridgehead atoms. The topological polar surface area (TPSA) is 60.5 Å². The number of oxazole rings is 1. The number of hydrogen-bond acceptors (Lipinski definition) is 5. The Morgan fingerprint density at radius 2 is 2.08 bits per heavy atom. The van der Waals surface area contributed by atoms with Crippen LogP contribution in [-0.2, 0) is 11.3 Å². The maximum absolute atomic E-state index is 12.0. The van der Waals surface area contributed by atoms with E-state index < -0.39 is 0 Å². The highest BCUT2D eigenvalue weighted by molar-refractivity contribution is 5.72. The fourth-order valence-electron chi connectivity index (χ4n) is 3.14. The minimum Gasteiger partial charge on any atom is -0.408 e. The highest BCUT2D eigenvalue weighted by Gasteiger charge is 2.22. The van der Waals surface area contributed by atoms with Crippen LogP contribution in [0, 0.1) is 0 Å². The summed E-state index contributed by atoms with van der Waals surface area (Å²) in [6.45, 7) is 3.73. The Morgan fingerprint density at radius 1 is 1.17 bits per heavy atom. The average Bonchev–Trinajstić information content (AvgIpc) is 2.96. The van der Waals surface area contributed by atoms with Gasteiger partial charge in [0.05, 0.1) is 18.2 Å². The van der Waals surface area contributed by atoms with Crippen molar-refractivity contribution in [3.8, 4) is 0 Å². The third-order valence-electron chi connectivity index (χ3n) is 4.42. The number of benzene rings is 1. The maximum Gasteiger partial charge on any atom is 0.419 e. The lowest BCUT2D eigenvalue weighted by atomic mass is 10.1. The molecule has 3 aromatic rings. The number of hydrogen-bond donors (Lipinski definition) is 0. The summed E-state index contributed by atoms with van der Waals surface area (Å²) in [6, 6.07) is 11.5. The van der Waals surface area contributed by atoms with E-state index in [1.165, 1.54) is 0 Å². The van der Waals surface area contributed by atoms with Crippen LogP contribution in [0.25, 0.3) is 11.1 Å². The van der Waals surface area contributed by atoms with Gasteiger partial charge in [0.15, 0.2) is 5.58 Å². The summed E-state index contributed by atoms with van der Waals surface area (Å²) in [6.07, 6.45) is 3.65. The summed E-state index contributed by atoms with van der Waals surface area (Å²) in [4.78, 5) is 18.5. The van der Waals surface area contributed by atoms with Gasteiger partial charge in [0.25, 0.3) is 0 Å².